The van der Waals surface area contributed by atoms with Gasteiger partial charge in [0, 0.05) is 28.8 Å². The van der Waals surface area contributed by atoms with Gasteiger partial charge in [0.15, 0.2) is 5.82 Å². The van der Waals surface area contributed by atoms with E-state index < -0.39 is 0 Å². The fourth-order valence-corrected chi connectivity index (χ4v) is 2.93. The third kappa shape index (κ3) is 4.28. The molecule has 0 aliphatic carbocycles. The van der Waals surface area contributed by atoms with Crippen LogP contribution in [0.15, 0.2) is 48.5 Å². The molecule has 3 aromatic rings. The number of aromatic hydroxyl groups is 2. The van der Waals surface area contributed by atoms with Crippen molar-refractivity contribution in [1.82, 2.24) is 9.97 Å². The van der Waals surface area contributed by atoms with E-state index in [0.29, 0.717) is 17.2 Å². The minimum atomic E-state index is -0.0596. The summed E-state index contributed by atoms with van der Waals surface area (Å²) in [6, 6.07) is 14.4. The Balaban J connectivity index is 1.88. The summed E-state index contributed by atoms with van der Waals surface area (Å²) in [6.45, 7) is 1.87. The smallest absolute Gasteiger partial charge is 0.165 e. The summed E-state index contributed by atoms with van der Waals surface area (Å²) in [5.74, 6) is 0.977. The lowest BCUT2D eigenvalue weighted by atomic mass is 10.1. The molecule has 0 aliphatic heterocycles. The predicted molar refractivity (Wildman–Crippen MR) is 103 cm³/mol. The predicted octanol–water partition coefficient (Wildman–Crippen LogP) is 4.54. The molecule has 2 aromatic carbocycles. The lowest BCUT2D eigenvalue weighted by Crippen LogP contribution is -1.99. The quantitative estimate of drug-likeness (QED) is 0.548. The fraction of sp³-hybridized carbons (Fsp3) is 0.158. The molecule has 0 atom stereocenters. The number of aromatic nitrogens is 2. The van der Waals surface area contributed by atoms with Crippen LogP contribution < -0.4 is 5.32 Å². The van der Waals surface area contributed by atoms with Crippen LogP contribution in [0.25, 0.3) is 11.4 Å². The summed E-state index contributed by atoms with van der Waals surface area (Å²) in [7, 11) is 0. The minimum Gasteiger partial charge on any atom is -0.508 e. The van der Waals surface area contributed by atoms with Crippen molar-refractivity contribution < 1.29 is 10.2 Å². The van der Waals surface area contributed by atoms with E-state index in [4.69, 9.17) is 0 Å². The maximum absolute atomic E-state index is 10.0. The second-order valence-electron chi connectivity index (χ2n) is 5.68. The van der Waals surface area contributed by atoms with Crippen molar-refractivity contribution in [1.29, 1.82) is 0 Å². The van der Waals surface area contributed by atoms with Gasteiger partial charge in [-0.1, -0.05) is 28.1 Å². The Hall–Kier alpha value is -2.60. The Morgan fingerprint density at radius 3 is 2.44 bits per heavy atom. The third-order valence-corrected chi connectivity index (χ3v) is 4.08. The fourth-order valence-electron chi connectivity index (χ4n) is 2.47. The zero-order chi connectivity index (χ0) is 17.8. The minimum absolute atomic E-state index is 0.00387. The van der Waals surface area contributed by atoms with E-state index in [0.717, 1.165) is 23.1 Å². The molecule has 5 nitrogen and oxygen atoms in total. The SMILES string of the molecule is Cc1cc(Nc2ccc(CCBr)cc2)nc(-c2ccc(O)cc2O)n1. The second kappa shape index (κ2) is 7.53. The number of phenols is 2. The van der Waals surface area contributed by atoms with E-state index in [1.165, 1.54) is 17.7 Å². The summed E-state index contributed by atoms with van der Waals surface area (Å²) in [5.41, 5.74) is 3.43. The van der Waals surface area contributed by atoms with Crippen LogP contribution in [0.1, 0.15) is 11.3 Å². The molecule has 0 spiro atoms. The van der Waals surface area contributed by atoms with Crippen molar-refractivity contribution in [3.63, 3.8) is 0 Å². The van der Waals surface area contributed by atoms with Crippen molar-refractivity contribution in [3.05, 3.63) is 59.8 Å². The van der Waals surface area contributed by atoms with Crippen molar-refractivity contribution in [2.75, 3.05) is 10.6 Å². The van der Waals surface area contributed by atoms with Crippen LogP contribution in [0.3, 0.4) is 0 Å². The average molecular weight is 400 g/mol. The molecule has 0 aliphatic rings. The molecule has 6 heteroatoms. The topological polar surface area (TPSA) is 78.3 Å². The van der Waals surface area contributed by atoms with E-state index in [2.05, 4.69) is 43.3 Å². The van der Waals surface area contributed by atoms with Gasteiger partial charge in [-0.25, -0.2) is 9.97 Å². The first-order valence-corrected chi connectivity index (χ1v) is 8.97. The molecule has 0 amide bonds. The van der Waals surface area contributed by atoms with E-state index >= 15 is 0 Å². The first-order chi connectivity index (χ1) is 12.0. The molecule has 0 bridgehead atoms. The highest BCUT2D eigenvalue weighted by Crippen LogP contribution is 2.31. The van der Waals surface area contributed by atoms with Crippen LogP contribution in [-0.2, 0) is 6.42 Å². The number of alkyl halides is 1. The van der Waals surface area contributed by atoms with Gasteiger partial charge >= 0.3 is 0 Å². The number of hydrogen-bond acceptors (Lipinski definition) is 5. The van der Waals surface area contributed by atoms with E-state index in [9.17, 15) is 10.2 Å². The molecule has 3 rings (SSSR count). The number of anilines is 2. The van der Waals surface area contributed by atoms with E-state index in [1.807, 2.05) is 25.1 Å². The number of rotatable bonds is 5. The molecule has 1 heterocycles. The molecular formula is C19H18BrN3O2. The van der Waals surface area contributed by atoms with Crippen LogP contribution in [-0.4, -0.2) is 25.5 Å². The van der Waals surface area contributed by atoms with Crippen LogP contribution in [0, 0.1) is 6.92 Å². The van der Waals surface area contributed by atoms with Gasteiger partial charge < -0.3 is 15.5 Å². The van der Waals surface area contributed by atoms with E-state index in [1.54, 1.807) is 6.07 Å². The van der Waals surface area contributed by atoms with Crippen LogP contribution >= 0.6 is 15.9 Å². The van der Waals surface area contributed by atoms with Gasteiger partial charge in [0.25, 0.3) is 0 Å². The van der Waals surface area contributed by atoms with Gasteiger partial charge in [0.2, 0.25) is 0 Å². The maximum Gasteiger partial charge on any atom is 0.165 e. The first-order valence-electron chi connectivity index (χ1n) is 7.85. The summed E-state index contributed by atoms with van der Waals surface area (Å²) in [4.78, 5) is 8.85. The highest BCUT2D eigenvalue weighted by Gasteiger charge is 2.10. The maximum atomic E-state index is 10.0. The lowest BCUT2D eigenvalue weighted by Gasteiger charge is -2.10. The zero-order valence-electron chi connectivity index (χ0n) is 13.7. The van der Waals surface area contributed by atoms with Crippen LogP contribution in [0.4, 0.5) is 11.5 Å². The van der Waals surface area contributed by atoms with Crippen molar-refractivity contribution in [3.8, 4) is 22.9 Å². The van der Waals surface area contributed by atoms with Crippen molar-refractivity contribution >= 4 is 27.4 Å². The van der Waals surface area contributed by atoms with E-state index in [-0.39, 0.29) is 11.5 Å². The van der Waals surface area contributed by atoms with Crippen molar-refractivity contribution in [2.24, 2.45) is 0 Å². The number of hydrogen-bond donors (Lipinski definition) is 3. The average Bonchev–Trinajstić information content (AvgIpc) is 2.56. The summed E-state index contributed by atoms with van der Waals surface area (Å²) in [5, 5.41) is 23.7. The molecule has 0 unspecified atom stereocenters. The number of benzene rings is 2. The highest BCUT2D eigenvalue weighted by molar-refractivity contribution is 9.09. The van der Waals surface area contributed by atoms with Gasteiger partial charge in [-0.3, -0.25) is 0 Å². The Labute approximate surface area is 154 Å². The Kier molecular flexibility index (Phi) is 5.19. The number of halogens is 1. The van der Waals surface area contributed by atoms with Gasteiger partial charge in [-0.2, -0.15) is 0 Å². The van der Waals surface area contributed by atoms with Gasteiger partial charge in [0.05, 0.1) is 5.56 Å². The standard InChI is InChI=1S/C19H18BrN3O2/c1-12-10-18(22-14-4-2-13(3-5-14)8-9-20)23-19(21-12)16-7-6-15(24)11-17(16)25/h2-7,10-11,24-25H,8-9H2,1H3,(H,21,22,23). The van der Waals surface area contributed by atoms with Gasteiger partial charge in [-0.15, -0.1) is 0 Å². The Bertz CT molecular complexity index is 882. The molecular weight excluding hydrogens is 382 g/mol. The number of nitrogens with one attached hydrogen (secondary N) is 1. The molecule has 0 saturated heterocycles. The van der Waals surface area contributed by atoms with Crippen molar-refractivity contribution in [2.45, 2.75) is 13.3 Å². The van der Waals surface area contributed by atoms with Crippen LogP contribution in [0.5, 0.6) is 11.5 Å². The number of nitrogens with zero attached hydrogens (tertiary/aromatic N) is 2. The third-order valence-electron chi connectivity index (χ3n) is 3.69. The molecule has 0 radical (unpaired) electrons. The summed E-state index contributed by atoms with van der Waals surface area (Å²) in [6.07, 6.45) is 0.983. The lowest BCUT2D eigenvalue weighted by molar-refractivity contribution is 0.451. The molecule has 0 fully saturated rings. The number of aryl methyl sites for hydroxylation is 2. The highest BCUT2D eigenvalue weighted by atomic mass is 79.9. The molecule has 1 aromatic heterocycles. The second-order valence-corrected chi connectivity index (χ2v) is 6.47. The van der Waals surface area contributed by atoms with Gasteiger partial charge in [0.1, 0.15) is 17.3 Å². The van der Waals surface area contributed by atoms with Gasteiger partial charge in [-0.05, 0) is 43.2 Å². The molecule has 3 N–H and O–H groups in total. The first kappa shape index (κ1) is 17.2. The zero-order valence-corrected chi connectivity index (χ0v) is 15.3. The summed E-state index contributed by atoms with van der Waals surface area (Å²) >= 11 is 3.44. The molecule has 128 valence electrons. The summed E-state index contributed by atoms with van der Waals surface area (Å²) < 4.78 is 0. The number of phenolic OH excluding ortho intramolecular Hbond substituents is 2. The Morgan fingerprint density at radius 2 is 1.76 bits per heavy atom. The largest absolute Gasteiger partial charge is 0.508 e. The monoisotopic (exact) mass is 399 g/mol. The normalized spacial score (nSPS) is 10.6. The van der Waals surface area contributed by atoms with Crippen LogP contribution in [0.2, 0.25) is 0 Å². The Morgan fingerprint density at radius 1 is 1.00 bits per heavy atom. The molecule has 25 heavy (non-hydrogen) atoms. The molecule has 0 saturated carbocycles.